The molecular weight excluding hydrogens is 512 g/mol. The predicted octanol–water partition coefficient (Wildman–Crippen LogP) is 6.23. The molecule has 3 aromatic carbocycles. The number of carbonyl (C=O) groups excluding carboxylic acids is 1. The van der Waals surface area contributed by atoms with Crippen molar-refractivity contribution in [2.45, 2.75) is 0 Å². The van der Waals surface area contributed by atoms with E-state index >= 15 is 0 Å². The van der Waals surface area contributed by atoms with Crippen molar-refractivity contribution in [3.63, 3.8) is 0 Å². The van der Waals surface area contributed by atoms with E-state index in [-0.39, 0.29) is 4.77 Å². The molecule has 0 atom stereocenters. The van der Waals surface area contributed by atoms with Gasteiger partial charge in [-0.2, -0.15) is 9.97 Å². The summed E-state index contributed by atoms with van der Waals surface area (Å²) in [6.45, 7) is 0. The number of halogens is 2. The van der Waals surface area contributed by atoms with Crippen LogP contribution in [0.5, 0.6) is 0 Å². The first-order chi connectivity index (χ1) is 15.5. The summed E-state index contributed by atoms with van der Waals surface area (Å²) in [5.74, 6) is 0.722. The standard InChI is InChI=1S/C22H16BrClN6OS/c23-15-10-12-16(13-11-15)30-20(26-19(27-22(30)32)14-6-2-1-3-7-14)28-29-21(31)25-18-9-5-4-8-17(18)24/h1-13H,(H2,25,29,31)(H,26,27,28,32). The van der Waals surface area contributed by atoms with Crippen LogP contribution in [0.25, 0.3) is 17.1 Å². The fourth-order valence-corrected chi connectivity index (χ4v) is 3.58. The van der Waals surface area contributed by atoms with Gasteiger partial charge in [0.2, 0.25) is 10.7 Å². The molecule has 4 rings (SSSR count). The molecule has 0 saturated carbocycles. The van der Waals surface area contributed by atoms with Crippen LogP contribution in [0.3, 0.4) is 0 Å². The third-order valence-electron chi connectivity index (χ3n) is 4.34. The number of carbonyl (C=O) groups is 1. The highest BCUT2D eigenvalue weighted by molar-refractivity contribution is 9.10. The Morgan fingerprint density at radius 1 is 0.938 bits per heavy atom. The third kappa shape index (κ3) is 5.13. The minimum absolute atomic E-state index is 0.275. The van der Waals surface area contributed by atoms with Gasteiger partial charge in [-0.3, -0.25) is 9.99 Å². The molecule has 0 bridgehead atoms. The van der Waals surface area contributed by atoms with Gasteiger partial charge in [-0.05, 0) is 48.6 Å². The molecule has 0 unspecified atom stereocenters. The fourth-order valence-electron chi connectivity index (χ4n) is 2.86. The van der Waals surface area contributed by atoms with Gasteiger partial charge in [-0.15, -0.1) is 0 Å². The summed E-state index contributed by atoms with van der Waals surface area (Å²) < 4.78 is 2.82. The number of nitrogens with zero attached hydrogens (tertiary/aromatic N) is 3. The maximum Gasteiger partial charge on any atom is 0.337 e. The molecule has 3 N–H and O–H groups in total. The number of benzene rings is 3. The maximum absolute atomic E-state index is 12.4. The van der Waals surface area contributed by atoms with Gasteiger partial charge in [0.1, 0.15) is 0 Å². The van der Waals surface area contributed by atoms with Crippen LogP contribution >= 0.6 is 39.7 Å². The normalized spacial score (nSPS) is 10.4. The topological polar surface area (TPSA) is 83.9 Å². The molecule has 0 fully saturated rings. The minimum Gasteiger partial charge on any atom is -0.305 e. The zero-order valence-corrected chi connectivity index (χ0v) is 19.6. The van der Waals surface area contributed by atoms with Crippen LogP contribution in [0.2, 0.25) is 5.02 Å². The Kier molecular flexibility index (Phi) is 6.79. The van der Waals surface area contributed by atoms with Crippen molar-refractivity contribution in [3.8, 4) is 17.1 Å². The second-order valence-electron chi connectivity index (χ2n) is 6.52. The smallest absolute Gasteiger partial charge is 0.305 e. The van der Waals surface area contributed by atoms with Crippen molar-refractivity contribution in [1.82, 2.24) is 20.0 Å². The molecule has 0 radical (unpaired) electrons. The van der Waals surface area contributed by atoms with E-state index in [1.54, 1.807) is 28.8 Å². The summed E-state index contributed by atoms with van der Waals surface area (Å²) in [5.41, 5.74) is 7.43. The van der Waals surface area contributed by atoms with E-state index in [1.807, 2.05) is 54.6 Å². The monoisotopic (exact) mass is 526 g/mol. The first kappa shape index (κ1) is 21.9. The maximum atomic E-state index is 12.4. The Morgan fingerprint density at radius 2 is 1.62 bits per heavy atom. The SMILES string of the molecule is O=C(NNc1nc(-c2ccccc2)nc(=S)n1-c1ccc(Br)cc1)Nc1ccccc1Cl. The van der Waals surface area contributed by atoms with Crippen LogP contribution < -0.4 is 16.2 Å². The Hall–Kier alpha value is -3.27. The molecule has 1 aromatic heterocycles. The molecule has 0 saturated heterocycles. The van der Waals surface area contributed by atoms with E-state index in [4.69, 9.17) is 23.8 Å². The molecule has 0 aliphatic carbocycles. The Bertz CT molecular complexity index is 1310. The average Bonchev–Trinajstić information content (AvgIpc) is 2.80. The summed E-state index contributed by atoms with van der Waals surface area (Å²) in [4.78, 5) is 21.5. The summed E-state index contributed by atoms with van der Waals surface area (Å²) in [7, 11) is 0. The molecule has 160 valence electrons. The molecule has 0 aliphatic heterocycles. The van der Waals surface area contributed by atoms with Gasteiger partial charge >= 0.3 is 6.03 Å². The number of para-hydroxylation sites is 1. The van der Waals surface area contributed by atoms with Gasteiger partial charge in [0.05, 0.1) is 16.4 Å². The molecule has 10 heteroatoms. The lowest BCUT2D eigenvalue weighted by molar-refractivity contribution is 0.253. The van der Waals surface area contributed by atoms with Crippen LogP contribution in [0, 0.1) is 4.77 Å². The van der Waals surface area contributed by atoms with Gasteiger partial charge in [-0.1, -0.05) is 70.0 Å². The molecule has 1 heterocycles. The number of aromatic nitrogens is 3. The number of anilines is 2. The van der Waals surface area contributed by atoms with E-state index in [1.165, 1.54) is 0 Å². The van der Waals surface area contributed by atoms with Crippen molar-refractivity contribution in [1.29, 1.82) is 0 Å². The largest absolute Gasteiger partial charge is 0.337 e. The predicted molar refractivity (Wildman–Crippen MR) is 133 cm³/mol. The summed E-state index contributed by atoms with van der Waals surface area (Å²) in [6.07, 6.45) is 0. The Morgan fingerprint density at radius 3 is 2.34 bits per heavy atom. The van der Waals surface area contributed by atoms with E-state index in [0.717, 1.165) is 15.7 Å². The summed E-state index contributed by atoms with van der Waals surface area (Å²) >= 11 is 15.1. The Balaban J connectivity index is 1.67. The highest BCUT2D eigenvalue weighted by atomic mass is 79.9. The zero-order chi connectivity index (χ0) is 22.5. The number of hydrazine groups is 1. The van der Waals surface area contributed by atoms with Gasteiger partial charge < -0.3 is 5.32 Å². The minimum atomic E-state index is -0.522. The Labute approximate surface area is 202 Å². The second kappa shape index (κ2) is 9.90. The number of rotatable bonds is 5. The third-order valence-corrected chi connectivity index (χ3v) is 5.48. The molecule has 4 aromatic rings. The number of amides is 2. The molecular formula is C22H16BrClN6OS. The summed E-state index contributed by atoms with van der Waals surface area (Å²) in [6, 6.07) is 23.3. The molecule has 0 spiro atoms. The lowest BCUT2D eigenvalue weighted by Gasteiger charge is -2.16. The lowest BCUT2D eigenvalue weighted by Crippen LogP contribution is -2.35. The van der Waals surface area contributed by atoms with E-state index in [2.05, 4.69) is 42.1 Å². The molecule has 32 heavy (non-hydrogen) atoms. The summed E-state index contributed by atoms with van der Waals surface area (Å²) in [5, 5.41) is 3.10. The van der Waals surface area contributed by atoms with Crippen LogP contribution in [-0.2, 0) is 0 Å². The van der Waals surface area contributed by atoms with Crippen molar-refractivity contribution in [2.24, 2.45) is 0 Å². The van der Waals surface area contributed by atoms with Gasteiger partial charge in [0.15, 0.2) is 5.82 Å². The van der Waals surface area contributed by atoms with Gasteiger partial charge in [-0.25, -0.2) is 10.2 Å². The van der Waals surface area contributed by atoms with Gasteiger partial charge in [0.25, 0.3) is 0 Å². The number of hydrogen-bond donors (Lipinski definition) is 3. The number of urea groups is 1. The van der Waals surface area contributed by atoms with Gasteiger partial charge in [0, 0.05) is 10.0 Å². The number of nitrogens with one attached hydrogen (secondary N) is 3. The van der Waals surface area contributed by atoms with Crippen LogP contribution in [0.15, 0.2) is 83.3 Å². The van der Waals surface area contributed by atoms with Crippen LogP contribution in [0.1, 0.15) is 0 Å². The van der Waals surface area contributed by atoms with Crippen molar-refractivity contribution < 1.29 is 4.79 Å². The molecule has 2 amide bonds. The van der Waals surface area contributed by atoms with E-state index < -0.39 is 6.03 Å². The van der Waals surface area contributed by atoms with E-state index in [0.29, 0.717) is 22.5 Å². The molecule has 7 nitrogen and oxygen atoms in total. The first-order valence-electron chi connectivity index (χ1n) is 9.41. The van der Waals surface area contributed by atoms with Crippen molar-refractivity contribution >= 4 is 57.4 Å². The lowest BCUT2D eigenvalue weighted by atomic mass is 10.2. The molecule has 0 aliphatic rings. The quantitative estimate of drug-likeness (QED) is 0.212. The highest BCUT2D eigenvalue weighted by Crippen LogP contribution is 2.22. The highest BCUT2D eigenvalue weighted by Gasteiger charge is 2.13. The van der Waals surface area contributed by atoms with Crippen molar-refractivity contribution in [3.05, 3.63) is 93.1 Å². The second-order valence-corrected chi connectivity index (χ2v) is 8.20. The van der Waals surface area contributed by atoms with Crippen LogP contribution in [-0.4, -0.2) is 20.6 Å². The van der Waals surface area contributed by atoms with E-state index in [9.17, 15) is 4.79 Å². The fraction of sp³-hybridized carbons (Fsp3) is 0. The average molecular weight is 528 g/mol. The zero-order valence-electron chi connectivity index (χ0n) is 16.4. The van der Waals surface area contributed by atoms with Crippen LogP contribution in [0.4, 0.5) is 16.4 Å². The number of hydrogen-bond acceptors (Lipinski definition) is 5. The van der Waals surface area contributed by atoms with Crippen molar-refractivity contribution in [2.75, 3.05) is 10.7 Å². The first-order valence-corrected chi connectivity index (χ1v) is 11.0.